The normalized spacial score (nSPS) is 15.9. The smallest absolute Gasteiger partial charge is 0.338 e. The molecule has 3 aromatic rings. The van der Waals surface area contributed by atoms with Crippen molar-refractivity contribution in [2.75, 3.05) is 24.6 Å². The number of fused-ring (bicyclic) bond motifs is 1. The molecule has 172 valence electrons. The Bertz CT molecular complexity index is 1360. The van der Waals surface area contributed by atoms with Crippen molar-refractivity contribution in [3.05, 3.63) is 84.7 Å². The predicted molar refractivity (Wildman–Crippen MR) is 129 cm³/mol. The number of carbonyl (C=O) groups excluding carboxylic acids is 1. The number of carbonyl (C=O) groups is 1. The fraction of sp³-hybridized carbons (Fsp3) is 0.320. The van der Waals surface area contributed by atoms with Crippen molar-refractivity contribution in [2.24, 2.45) is 4.99 Å². The number of allylic oxidation sites excluding steroid dienone is 1. The largest absolute Gasteiger partial charge is 0.463 e. The Kier molecular flexibility index (Phi) is 6.65. The van der Waals surface area contributed by atoms with E-state index in [4.69, 9.17) is 9.15 Å². The van der Waals surface area contributed by atoms with Gasteiger partial charge < -0.3 is 14.1 Å². The van der Waals surface area contributed by atoms with Gasteiger partial charge in [-0.3, -0.25) is 9.36 Å². The molecule has 0 aliphatic carbocycles. The average Bonchev–Trinajstić information content (AvgIpc) is 3.39. The van der Waals surface area contributed by atoms with Crippen LogP contribution >= 0.6 is 11.3 Å². The summed E-state index contributed by atoms with van der Waals surface area (Å²) in [6, 6.07) is 12.7. The summed E-state index contributed by atoms with van der Waals surface area (Å²) in [5, 5.41) is 0. The summed E-state index contributed by atoms with van der Waals surface area (Å²) in [5.74, 6) is 0.901. The number of nitrogens with zero attached hydrogens (tertiary/aromatic N) is 3. The zero-order valence-corrected chi connectivity index (χ0v) is 20.0. The predicted octanol–water partition coefficient (Wildman–Crippen LogP) is 3.24. The van der Waals surface area contributed by atoms with Gasteiger partial charge >= 0.3 is 5.97 Å². The van der Waals surface area contributed by atoms with Gasteiger partial charge in [0.2, 0.25) is 0 Å². The first-order chi connectivity index (χ1) is 16.0. The lowest BCUT2D eigenvalue weighted by atomic mass is 9.96. The second-order valence-electron chi connectivity index (χ2n) is 7.56. The van der Waals surface area contributed by atoms with Gasteiger partial charge in [0.05, 0.1) is 28.5 Å². The fourth-order valence-electron chi connectivity index (χ4n) is 4.00. The minimum atomic E-state index is -0.605. The van der Waals surface area contributed by atoms with Crippen LogP contribution in [0, 0.1) is 0 Å². The van der Waals surface area contributed by atoms with Gasteiger partial charge in [0.15, 0.2) is 10.7 Å². The van der Waals surface area contributed by atoms with Crippen LogP contribution in [-0.4, -0.2) is 30.2 Å². The summed E-state index contributed by atoms with van der Waals surface area (Å²) in [6.07, 6.45) is 1.74. The number of anilines is 1. The van der Waals surface area contributed by atoms with Crippen LogP contribution in [0.3, 0.4) is 0 Å². The first kappa shape index (κ1) is 22.8. The number of ether oxygens (including phenoxy) is 1. The number of hydrogen-bond acceptors (Lipinski definition) is 7. The topological polar surface area (TPSA) is 77.0 Å². The zero-order valence-electron chi connectivity index (χ0n) is 19.2. The van der Waals surface area contributed by atoms with Crippen LogP contribution in [0.25, 0.3) is 6.08 Å². The molecule has 8 heteroatoms. The third-order valence-electron chi connectivity index (χ3n) is 5.59. The standard InChI is InChI=1S/C25H27N3O4S/c1-5-27(6-2)20-14-13-18(32-20)15-19-23(29)28-22(17-11-9-8-10-12-17)21(24(30)31-7-3)16(4)26-25(28)33-19/h8-15,22H,5-7H2,1-4H3/b19-15-/t22-/m0/s1. The third kappa shape index (κ3) is 4.30. The Morgan fingerprint density at radius 2 is 1.91 bits per heavy atom. The quantitative estimate of drug-likeness (QED) is 0.501. The molecule has 1 aliphatic rings. The van der Waals surface area contributed by atoms with E-state index in [2.05, 4.69) is 23.7 Å². The van der Waals surface area contributed by atoms with Crippen LogP contribution in [0.15, 0.2) is 67.9 Å². The van der Waals surface area contributed by atoms with E-state index in [1.807, 2.05) is 42.5 Å². The lowest BCUT2D eigenvalue weighted by Gasteiger charge is -2.24. The fourth-order valence-corrected chi connectivity index (χ4v) is 5.02. The van der Waals surface area contributed by atoms with Crippen molar-refractivity contribution >= 4 is 29.3 Å². The van der Waals surface area contributed by atoms with Crippen LogP contribution in [0.4, 0.5) is 5.88 Å². The second-order valence-corrected chi connectivity index (χ2v) is 8.57. The molecule has 0 amide bonds. The van der Waals surface area contributed by atoms with Crippen molar-refractivity contribution in [3.8, 4) is 0 Å². The van der Waals surface area contributed by atoms with Crippen molar-refractivity contribution in [1.82, 2.24) is 4.57 Å². The van der Waals surface area contributed by atoms with E-state index in [1.54, 1.807) is 24.5 Å². The lowest BCUT2D eigenvalue weighted by molar-refractivity contribution is -0.139. The van der Waals surface area contributed by atoms with Crippen molar-refractivity contribution in [2.45, 2.75) is 33.7 Å². The molecule has 0 unspecified atom stereocenters. The molecule has 0 saturated heterocycles. The molecule has 0 radical (unpaired) electrons. The maximum Gasteiger partial charge on any atom is 0.338 e. The van der Waals surface area contributed by atoms with Gasteiger partial charge in [-0.15, -0.1) is 0 Å². The molecule has 1 atom stereocenters. The zero-order chi connectivity index (χ0) is 23.5. The maximum atomic E-state index is 13.5. The number of esters is 1. The summed E-state index contributed by atoms with van der Waals surface area (Å²) in [4.78, 5) is 33.6. The summed E-state index contributed by atoms with van der Waals surface area (Å²) in [5.41, 5.74) is 1.53. The minimum Gasteiger partial charge on any atom is -0.463 e. The van der Waals surface area contributed by atoms with E-state index >= 15 is 0 Å². The minimum absolute atomic E-state index is 0.220. The molecule has 33 heavy (non-hydrogen) atoms. The Labute approximate surface area is 195 Å². The van der Waals surface area contributed by atoms with Gasteiger partial charge in [0.1, 0.15) is 5.76 Å². The highest BCUT2D eigenvalue weighted by Gasteiger charge is 2.33. The SMILES string of the molecule is CCOC(=O)C1=C(C)N=c2s/c(=C\c3ccc(N(CC)CC)o3)c(=O)n2[C@H]1c1ccccc1. The van der Waals surface area contributed by atoms with Gasteiger partial charge in [0.25, 0.3) is 5.56 Å². The number of thiazole rings is 1. The van der Waals surface area contributed by atoms with Crippen LogP contribution < -0.4 is 19.8 Å². The van der Waals surface area contributed by atoms with Gasteiger partial charge in [-0.1, -0.05) is 41.7 Å². The Hall–Kier alpha value is -3.39. The molecule has 7 nitrogen and oxygen atoms in total. The molecule has 0 fully saturated rings. The van der Waals surface area contributed by atoms with E-state index in [0.717, 1.165) is 24.5 Å². The van der Waals surface area contributed by atoms with E-state index in [1.165, 1.54) is 11.3 Å². The lowest BCUT2D eigenvalue weighted by Crippen LogP contribution is -2.39. The second kappa shape index (κ2) is 9.62. The Morgan fingerprint density at radius 1 is 1.18 bits per heavy atom. The van der Waals surface area contributed by atoms with E-state index in [-0.39, 0.29) is 12.2 Å². The Morgan fingerprint density at radius 3 is 2.58 bits per heavy atom. The van der Waals surface area contributed by atoms with E-state index in [9.17, 15) is 9.59 Å². The van der Waals surface area contributed by atoms with Gasteiger partial charge in [0, 0.05) is 25.2 Å². The molecule has 0 saturated carbocycles. The number of benzene rings is 1. The Balaban J connectivity index is 1.87. The molecular formula is C25H27N3O4S. The van der Waals surface area contributed by atoms with Crippen LogP contribution in [-0.2, 0) is 9.53 Å². The van der Waals surface area contributed by atoms with Crippen molar-refractivity contribution in [1.29, 1.82) is 0 Å². The molecule has 3 heterocycles. The number of hydrogen-bond donors (Lipinski definition) is 0. The molecule has 1 aliphatic heterocycles. The van der Waals surface area contributed by atoms with Crippen molar-refractivity contribution < 1.29 is 13.9 Å². The van der Waals surface area contributed by atoms with Gasteiger partial charge in [-0.25, -0.2) is 9.79 Å². The number of rotatable bonds is 7. The van der Waals surface area contributed by atoms with Crippen LogP contribution in [0.5, 0.6) is 0 Å². The average molecular weight is 466 g/mol. The molecular weight excluding hydrogens is 438 g/mol. The van der Waals surface area contributed by atoms with Crippen molar-refractivity contribution in [3.63, 3.8) is 0 Å². The number of furan rings is 1. The molecule has 2 aromatic heterocycles. The third-order valence-corrected chi connectivity index (χ3v) is 6.58. The highest BCUT2D eigenvalue weighted by atomic mass is 32.1. The molecule has 0 N–H and O–H groups in total. The summed E-state index contributed by atoms with van der Waals surface area (Å²) in [6.45, 7) is 9.58. The molecule has 1 aromatic carbocycles. The molecule has 0 bridgehead atoms. The highest BCUT2D eigenvalue weighted by molar-refractivity contribution is 7.07. The molecule has 4 rings (SSSR count). The first-order valence-corrected chi connectivity index (χ1v) is 11.9. The van der Waals surface area contributed by atoms with Gasteiger partial charge in [-0.2, -0.15) is 0 Å². The van der Waals surface area contributed by atoms with Crippen LogP contribution in [0.2, 0.25) is 0 Å². The highest BCUT2D eigenvalue weighted by Crippen LogP contribution is 2.30. The maximum absolute atomic E-state index is 13.5. The summed E-state index contributed by atoms with van der Waals surface area (Å²) < 4.78 is 13.3. The van der Waals surface area contributed by atoms with E-state index in [0.29, 0.717) is 26.4 Å². The molecule has 0 spiro atoms. The number of aromatic nitrogens is 1. The summed E-state index contributed by atoms with van der Waals surface area (Å²) >= 11 is 1.28. The van der Waals surface area contributed by atoms with Crippen LogP contribution in [0.1, 0.15) is 45.1 Å². The summed E-state index contributed by atoms with van der Waals surface area (Å²) in [7, 11) is 0. The monoisotopic (exact) mass is 465 g/mol. The van der Waals surface area contributed by atoms with E-state index < -0.39 is 12.0 Å². The van der Waals surface area contributed by atoms with Gasteiger partial charge in [-0.05, 0) is 39.3 Å². The first-order valence-electron chi connectivity index (χ1n) is 11.1.